The molecule has 1 N–H and O–H groups in total. The molecule has 0 bridgehead atoms. The number of carbonyl (C=O) groups excluding carboxylic acids is 2. The minimum atomic E-state index is -1.58. The van der Waals surface area contributed by atoms with Crippen LogP contribution in [0.5, 0.6) is 0 Å². The Kier molecular flexibility index (Phi) is 6.12. The summed E-state index contributed by atoms with van der Waals surface area (Å²) in [7, 11) is 0. The lowest BCUT2D eigenvalue weighted by Crippen LogP contribution is -2.59. The second kappa shape index (κ2) is 7.23. The number of rotatable bonds is 6. The molecule has 0 saturated heterocycles. The van der Waals surface area contributed by atoms with Crippen molar-refractivity contribution in [1.29, 1.82) is 0 Å². The van der Waals surface area contributed by atoms with Gasteiger partial charge in [0.05, 0.1) is 11.6 Å². The highest BCUT2D eigenvalue weighted by molar-refractivity contribution is 6.23. The first-order valence-corrected chi connectivity index (χ1v) is 8.16. The molecule has 0 aromatic heterocycles. The molecule has 22 heavy (non-hydrogen) atoms. The van der Waals surface area contributed by atoms with Crippen LogP contribution in [0.4, 0.5) is 0 Å². The fourth-order valence-corrected chi connectivity index (χ4v) is 3.04. The van der Waals surface area contributed by atoms with Crippen LogP contribution in [0.25, 0.3) is 0 Å². The molecule has 0 aromatic rings. The van der Waals surface area contributed by atoms with Gasteiger partial charge < -0.3 is 10.0 Å². The molecule has 1 aliphatic heterocycles. The SMILES string of the molecule is CCC(=O)C1=CN(CC)[C@H](/C(C)=C/[C@@H](C)CC)[C@](C)(O)C1=O. The highest BCUT2D eigenvalue weighted by Gasteiger charge is 2.48. The number of nitrogens with zero attached hydrogens (tertiary/aromatic N) is 1. The van der Waals surface area contributed by atoms with Crippen LogP contribution in [0.3, 0.4) is 0 Å². The molecule has 1 heterocycles. The van der Waals surface area contributed by atoms with Gasteiger partial charge in [-0.3, -0.25) is 9.59 Å². The molecule has 0 aromatic carbocycles. The van der Waals surface area contributed by atoms with Gasteiger partial charge in [0.25, 0.3) is 0 Å². The van der Waals surface area contributed by atoms with E-state index in [0.29, 0.717) is 12.5 Å². The summed E-state index contributed by atoms with van der Waals surface area (Å²) < 4.78 is 0. The Balaban J connectivity index is 3.34. The van der Waals surface area contributed by atoms with Gasteiger partial charge in [-0.2, -0.15) is 0 Å². The molecule has 0 radical (unpaired) electrons. The number of Topliss-reactive ketones (excluding diaryl/α,β-unsaturated/α-hetero) is 2. The van der Waals surface area contributed by atoms with E-state index in [9.17, 15) is 14.7 Å². The predicted molar refractivity (Wildman–Crippen MR) is 88.4 cm³/mol. The third-order valence-corrected chi connectivity index (χ3v) is 4.47. The summed E-state index contributed by atoms with van der Waals surface area (Å²) in [6.45, 7) is 12.0. The quantitative estimate of drug-likeness (QED) is 0.605. The van der Waals surface area contributed by atoms with Crippen molar-refractivity contribution in [2.24, 2.45) is 5.92 Å². The largest absolute Gasteiger partial charge is 0.379 e. The predicted octanol–water partition coefficient (Wildman–Crippen LogP) is 2.87. The second-order valence-electron chi connectivity index (χ2n) is 6.33. The third-order valence-electron chi connectivity index (χ3n) is 4.47. The first-order valence-electron chi connectivity index (χ1n) is 8.16. The lowest BCUT2D eigenvalue weighted by atomic mass is 9.78. The van der Waals surface area contributed by atoms with Crippen molar-refractivity contribution in [3.8, 4) is 0 Å². The summed E-state index contributed by atoms with van der Waals surface area (Å²) in [6.07, 6.45) is 5.00. The standard InChI is InChI=1S/C18H29NO3/c1-7-12(4)10-13(5)16-18(6,22)17(21)14(15(20)8-2)11-19(16)9-3/h10-12,16,22H,7-9H2,1-6H3/b13-10+/t12-,16+,18-/m0/s1. The Morgan fingerprint density at radius 2 is 2.05 bits per heavy atom. The maximum Gasteiger partial charge on any atom is 0.201 e. The van der Waals surface area contributed by atoms with E-state index in [2.05, 4.69) is 19.9 Å². The Hall–Kier alpha value is -1.42. The van der Waals surface area contributed by atoms with E-state index in [1.807, 2.05) is 18.7 Å². The maximum atomic E-state index is 12.6. The van der Waals surface area contributed by atoms with Crippen LogP contribution in [0, 0.1) is 5.92 Å². The van der Waals surface area contributed by atoms with Gasteiger partial charge in [0.15, 0.2) is 5.78 Å². The molecule has 0 fully saturated rings. The van der Waals surface area contributed by atoms with E-state index >= 15 is 0 Å². The molecule has 0 unspecified atom stereocenters. The molecule has 4 heteroatoms. The highest BCUT2D eigenvalue weighted by atomic mass is 16.3. The molecule has 0 spiro atoms. The molecular formula is C18H29NO3. The molecule has 1 rings (SSSR count). The third kappa shape index (κ3) is 3.49. The second-order valence-corrected chi connectivity index (χ2v) is 6.33. The van der Waals surface area contributed by atoms with Gasteiger partial charge in [0.1, 0.15) is 5.60 Å². The summed E-state index contributed by atoms with van der Waals surface area (Å²) in [6, 6.07) is -0.424. The van der Waals surface area contributed by atoms with Crippen molar-refractivity contribution in [2.75, 3.05) is 6.54 Å². The summed E-state index contributed by atoms with van der Waals surface area (Å²) in [5, 5.41) is 10.9. The number of carbonyl (C=O) groups is 2. The minimum Gasteiger partial charge on any atom is -0.379 e. The fraction of sp³-hybridized carbons (Fsp3) is 0.667. The Labute approximate surface area is 133 Å². The first-order chi connectivity index (χ1) is 10.2. The van der Waals surface area contributed by atoms with Gasteiger partial charge in [0, 0.05) is 19.2 Å². The maximum absolute atomic E-state index is 12.6. The van der Waals surface area contributed by atoms with Crippen molar-refractivity contribution in [3.05, 3.63) is 23.4 Å². The number of allylic oxidation sites excluding steroid dienone is 1. The van der Waals surface area contributed by atoms with Gasteiger partial charge in [0.2, 0.25) is 5.78 Å². The van der Waals surface area contributed by atoms with Gasteiger partial charge in [-0.05, 0) is 26.7 Å². The minimum absolute atomic E-state index is 0.113. The van der Waals surface area contributed by atoms with Crippen LogP contribution in [-0.2, 0) is 9.59 Å². The molecule has 0 saturated carbocycles. The average Bonchev–Trinajstić information content (AvgIpc) is 2.48. The zero-order valence-electron chi connectivity index (χ0n) is 14.6. The number of hydrogen-bond donors (Lipinski definition) is 1. The number of aliphatic hydroxyl groups is 1. The van der Waals surface area contributed by atoms with Gasteiger partial charge in [-0.15, -0.1) is 0 Å². The number of hydrogen-bond acceptors (Lipinski definition) is 4. The topological polar surface area (TPSA) is 57.6 Å². The number of likely N-dealkylation sites (N-methyl/N-ethyl adjacent to an activating group) is 1. The lowest BCUT2D eigenvalue weighted by Gasteiger charge is -2.44. The van der Waals surface area contributed by atoms with Crippen LogP contribution < -0.4 is 0 Å². The lowest BCUT2D eigenvalue weighted by molar-refractivity contribution is -0.140. The molecule has 3 atom stereocenters. The highest BCUT2D eigenvalue weighted by Crippen LogP contribution is 2.32. The van der Waals surface area contributed by atoms with E-state index in [1.165, 1.54) is 6.92 Å². The number of ketones is 2. The van der Waals surface area contributed by atoms with Crippen LogP contribution >= 0.6 is 0 Å². The van der Waals surface area contributed by atoms with E-state index < -0.39 is 17.4 Å². The van der Waals surface area contributed by atoms with Crippen molar-refractivity contribution >= 4 is 11.6 Å². The Morgan fingerprint density at radius 1 is 1.45 bits per heavy atom. The molecule has 0 aliphatic carbocycles. The van der Waals surface area contributed by atoms with E-state index in [1.54, 1.807) is 13.1 Å². The normalized spacial score (nSPS) is 27.7. The Bertz CT molecular complexity index is 502. The van der Waals surface area contributed by atoms with Crippen molar-refractivity contribution < 1.29 is 14.7 Å². The monoisotopic (exact) mass is 307 g/mol. The molecule has 0 amide bonds. The summed E-state index contributed by atoms with van der Waals surface area (Å²) in [4.78, 5) is 26.5. The van der Waals surface area contributed by atoms with E-state index in [4.69, 9.17) is 0 Å². The average molecular weight is 307 g/mol. The van der Waals surface area contributed by atoms with Gasteiger partial charge in [-0.25, -0.2) is 0 Å². The molecule has 1 aliphatic rings. The van der Waals surface area contributed by atoms with Crippen molar-refractivity contribution in [2.45, 2.75) is 66.0 Å². The van der Waals surface area contributed by atoms with Crippen LogP contribution in [-0.4, -0.2) is 39.8 Å². The summed E-state index contributed by atoms with van der Waals surface area (Å²) >= 11 is 0. The van der Waals surface area contributed by atoms with Crippen LogP contribution in [0.15, 0.2) is 23.4 Å². The zero-order chi connectivity index (χ0) is 17.1. The van der Waals surface area contributed by atoms with E-state index in [0.717, 1.165) is 12.0 Å². The van der Waals surface area contributed by atoms with Crippen LogP contribution in [0.2, 0.25) is 0 Å². The van der Waals surface area contributed by atoms with Gasteiger partial charge >= 0.3 is 0 Å². The molecule has 4 nitrogen and oxygen atoms in total. The summed E-state index contributed by atoms with van der Waals surface area (Å²) in [5.41, 5.74) is -0.505. The van der Waals surface area contributed by atoms with Crippen LogP contribution in [0.1, 0.15) is 54.4 Å². The van der Waals surface area contributed by atoms with E-state index in [-0.39, 0.29) is 17.8 Å². The van der Waals surface area contributed by atoms with Crippen molar-refractivity contribution in [1.82, 2.24) is 4.90 Å². The fourth-order valence-electron chi connectivity index (χ4n) is 3.04. The molecular weight excluding hydrogens is 278 g/mol. The Morgan fingerprint density at radius 3 is 2.50 bits per heavy atom. The summed E-state index contributed by atoms with van der Waals surface area (Å²) in [5.74, 6) is -0.302. The van der Waals surface area contributed by atoms with Gasteiger partial charge in [-0.1, -0.05) is 38.8 Å². The zero-order valence-corrected chi connectivity index (χ0v) is 14.6. The van der Waals surface area contributed by atoms with Crippen molar-refractivity contribution in [3.63, 3.8) is 0 Å². The molecule has 124 valence electrons. The smallest absolute Gasteiger partial charge is 0.201 e. The first kappa shape index (κ1) is 18.6.